The van der Waals surface area contributed by atoms with E-state index in [-0.39, 0.29) is 5.75 Å². The number of aromatic hydroxyl groups is 1. The largest absolute Gasteiger partial charge is 0.504 e. The van der Waals surface area contributed by atoms with Crippen molar-refractivity contribution in [3.05, 3.63) is 47.5 Å². The van der Waals surface area contributed by atoms with Crippen molar-refractivity contribution in [2.75, 3.05) is 26.1 Å². The summed E-state index contributed by atoms with van der Waals surface area (Å²) in [4.78, 5) is 0. The lowest BCUT2D eigenvalue weighted by Crippen LogP contribution is -2.44. The molecule has 0 amide bonds. The highest BCUT2D eigenvalue weighted by Crippen LogP contribution is 2.41. The zero-order valence-electron chi connectivity index (χ0n) is 17.1. The van der Waals surface area contributed by atoms with Gasteiger partial charge in [-0.1, -0.05) is 6.07 Å². The summed E-state index contributed by atoms with van der Waals surface area (Å²) in [5.74, 6) is 2.27. The summed E-state index contributed by atoms with van der Waals surface area (Å²) in [5.41, 5.74) is 11.2. The summed E-state index contributed by atoms with van der Waals surface area (Å²) >= 11 is 0. The maximum atomic E-state index is 10.3. The molecule has 0 fully saturated rings. The van der Waals surface area contributed by atoms with E-state index >= 15 is 0 Å². The van der Waals surface area contributed by atoms with Crippen LogP contribution in [0.1, 0.15) is 17.5 Å². The van der Waals surface area contributed by atoms with Crippen molar-refractivity contribution in [1.82, 2.24) is 0 Å². The number of benzene rings is 2. The molecule has 5 rings (SSSR count). The highest BCUT2D eigenvalue weighted by Gasteiger charge is 2.29. The second kappa shape index (κ2) is 7.40. The quantitative estimate of drug-likeness (QED) is 0.622. The summed E-state index contributed by atoms with van der Waals surface area (Å²) in [7, 11) is 1.49. The van der Waals surface area contributed by atoms with Crippen LogP contribution >= 0.6 is 0 Å². The van der Waals surface area contributed by atoms with Crippen molar-refractivity contribution in [3.63, 3.8) is 0 Å². The molecule has 0 saturated carbocycles. The van der Waals surface area contributed by atoms with Gasteiger partial charge in [-0.25, -0.2) is 4.57 Å². The van der Waals surface area contributed by atoms with Gasteiger partial charge in [-0.05, 0) is 41.5 Å². The average Bonchev–Trinajstić information content (AvgIpc) is 3.02. The van der Waals surface area contributed by atoms with Crippen LogP contribution in [0.25, 0.3) is 22.4 Å². The third-order valence-electron chi connectivity index (χ3n) is 5.84. The molecule has 1 aromatic heterocycles. The lowest BCUT2D eigenvalue weighted by atomic mass is 9.92. The predicted octanol–water partition coefficient (Wildman–Crippen LogP) is 3.19. The molecule has 2 aromatic carbocycles. The van der Waals surface area contributed by atoms with Crippen LogP contribution in [0, 0.1) is 11.3 Å². The number of aryl methyl sites for hydroxylation is 1. The second-order valence-electron chi connectivity index (χ2n) is 7.61. The van der Waals surface area contributed by atoms with Crippen molar-refractivity contribution < 1.29 is 23.9 Å². The Morgan fingerprint density at radius 2 is 1.87 bits per heavy atom. The summed E-state index contributed by atoms with van der Waals surface area (Å²) < 4.78 is 18.9. The van der Waals surface area contributed by atoms with Gasteiger partial charge in [0.25, 0.3) is 5.82 Å². The third kappa shape index (κ3) is 3.08. The number of anilines is 1. The Morgan fingerprint density at radius 3 is 2.58 bits per heavy atom. The van der Waals surface area contributed by atoms with Crippen molar-refractivity contribution in [2.24, 2.45) is 0 Å². The van der Waals surface area contributed by atoms with Crippen molar-refractivity contribution in [1.29, 1.82) is 5.26 Å². The maximum absolute atomic E-state index is 10.3. The number of pyridine rings is 1. The number of nitrogens with two attached hydrogens (primary N) is 1. The number of rotatable bonds is 2. The molecule has 0 radical (unpaired) electrons. The molecule has 31 heavy (non-hydrogen) atoms. The number of nitriles is 1. The van der Waals surface area contributed by atoms with Crippen LogP contribution in [0.15, 0.2) is 36.4 Å². The maximum Gasteiger partial charge on any atom is 0.291 e. The van der Waals surface area contributed by atoms with Gasteiger partial charge in [0.1, 0.15) is 17.3 Å². The first-order valence-corrected chi connectivity index (χ1v) is 10.2. The first-order chi connectivity index (χ1) is 15.1. The molecule has 2 aliphatic rings. The molecular weight excluding hydrogens is 394 g/mol. The average molecular weight is 416 g/mol. The van der Waals surface area contributed by atoms with Crippen LogP contribution in [0.2, 0.25) is 0 Å². The normalized spacial score (nSPS) is 14.1. The fourth-order valence-electron chi connectivity index (χ4n) is 4.28. The van der Waals surface area contributed by atoms with Crippen LogP contribution in [-0.4, -0.2) is 25.4 Å². The summed E-state index contributed by atoms with van der Waals surface area (Å²) in [6.07, 6.45) is 1.62. The highest BCUT2D eigenvalue weighted by molar-refractivity contribution is 5.80. The molecule has 0 saturated heterocycles. The van der Waals surface area contributed by atoms with E-state index in [1.165, 1.54) is 7.11 Å². The lowest BCUT2D eigenvalue weighted by Gasteiger charge is -2.22. The minimum atomic E-state index is 0.00380. The minimum absolute atomic E-state index is 0.00380. The number of phenols is 1. The molecule has 0 aliphatic carbocycles. The standard InChI is InChI=1S/C24H21N3O4/c1-29-21-4-3-14(9-20(21)28)16-11-19-17-12-23-22(30-7-2-8-31-23)10-15(17)5-6-27(19)24(26)18(16)13-25/h3-4,9-12,26,28H,2,5-8H2,1H3/p+1. The Labute approximate surface area is 179 Å². The van der Waals surface area contributed by atoms with E-state index in [0.717, 1.165) is 41.2 Å². The Balaban J connectivity index is 1.72. The Hall–Kier alpha value is -3.92. The second-order valence-corrected chi connectivity index (χ2v) is 7.61. The van der Waals surface area contributed by atoms with Crippen LogP contribution in [-0.2, 0) is 13.0 Å². The monoisotopic (exact) mass is 416 g/mol. The highest BCUT2D eigenvalue weighted by atomic mass is 16.5. The zero-order valence-corrected chi connectivity index (χ0v) is 17.1. The lowest BCUT2D eigenvalue weighted by molar-refractivity contribution is -0.673. The number of fused-ring (bicyclic) bond motifs is 4. The molecule has 3 heterocycles. The van der Waals surface area contributed by atoms with Crippen LogP contribution in [0.3, 0.4) is 0 Å². The molecule has 0 atom stereocenters. The van der Waals surface area contributed by atoms with E-state index in [0.29, 0.717) is 48.0 Å². The van der Waals surface area contributed by atoms with Crippen LogP contribution in [0.4, 0.5) is 5.82 Å². The zero-order chi connectivity index (χ0) is 21.5. The molecule has 0 spiro atoms. The first-order valence-electron chi connectivity index (χ1n) is 10.2. The minimum Gasteiger partial charge on any atom is -0.504 e. The van der Waals surface area contributed by atoms with E-state index in [4.69, 9.17) is 19.9 Å². The number of nitrogen functional groups attached to an aromatic ring is 1. The first kappa shape index (κ1) is 19.1. The van der Waals surface area contributed by atoms with Crippen molar-refractivity contribution >= 4 is 5.82 Å². The predicted molar refractivity (Wildman–Crippen MR) is 114 cm³/mol. The molecule has 7 nitrogen and oxygen atoms in total. The van der Waals surface area contributed by atoms with Gasteiger partial charge in [0.2, 0.25) is 0 Å². The smallest absolute Gasteiger partial charge is 0.291 e. The SMILES string of the molecule is COc1ccc(-c2cc3[n+](c(N)c2C#N)CCc2cc4c(cc2-3)OCCCO4)cc1O. The van der Waals surface area contributed by atoms with Gasteiger partial charge < -0.3 is 19.3 Å². The third-order valence-corrected chi connectivity index (χ3v) is 5.84. The number of nitrogens with zero attached hydrogens (tertiary/aromatic N) is 2. The Bertz CT molecular complexity index is 1250. The molecule has 156 valence electrons. The van der Waals surface area contributed by atoms with Gasteiger partial charge in [0.15, 0.2) is 23.0 Å². The Kier molecular flexibility index (Phi) is 4.55. The van der Waals surface area contributed by atoms with Crippen LogP contribution in [0.5, 0.6) is 23.0 Å². The van der Waals surface area contributed by atoms with E-state index in [2.05, 4.69) is 6.07 Å². The summed E-state index contributed by atoms with van der Waals surface area (Å²) in [6, 6.07) is 13.3. The number of phenolic OH excluding ortho intramolecular Hbond substituents is 1. The number of ether oxygens (including phenoxy) is 3. The summed E-state index contributed by atoms with van der Waals surface area (Å²) in [5, 5.41) is 20.1. The molecule has 7 heteroatoms. The fraction of sp³-hybridized carbons (Fsp3) is 0.250. The van der Waals surface area contributed by atoms with Crippen molar-refractivity contribution in [3.8, 4) is 51.5 Å². The van der Waals surface area contributed by atoms with Gasteiger partial charge in [-0.3, -0.25) is 5.73 Å². The molecule has 0 bridgehead atoms. The van der Waals surface area contributed by atoms with Gasteiger partial charge in [-0.15, -0.1) is 0 Å². The number of hydrogen-bond acceptors (Lipinski definition) is 6. The van der Waals surface area contributed by atoms with Gasteiger partial charge in [0, 0.05) is 24.0 Å². The molecular formula is C24H22N3O4+. The summed E-state index contributed by atoms with van der Waals surface area (Å²) in [6.45, 7) is 1.91. The van der Waals surface area contributed by atoms with Gasteiger partial charge in [-0.2, -0.15) is 5.26 Å². The Morgan fingerprint density at radius 1 is 1.10 bits per heavy atom. The van der Waals surface area contributed by atoms with Crippen molar-refractivity contribution in [2.45, 2.75) is 19.4 Å². The number of hydrogen-bond donors (Lipinski definition) is 2. The fourth-order valence-corrected chi connectivity index (χ4v) is 4.28. The molecule has 2 aliphatic heterocycles. The molecule has 3 N–H and O–H groups in total. The van der Waals surface area contributed by atoms with Gasteiger partial charge >= 0.3 is 0 Å². The number of aromatic nitrogens is 1. The van der Waals surface area contributed by atoms with Gasteiger partial charge in [0.05, 0.1) is 26.9 Å². The van der Waals surface area contributed by atoms with E-state index in [9.17, 15) is 10.4 Å². The van der Waals surface area contributed by atoms with Crippen LogP contribution < -0.4 is 24.5 Å². The molecule has 0 unspecified atom stereocenters. The molecule has 3 aromatic rings. The number of methoxy groups -OCH3 is 1. The van der Waals surface area contributed by atoms with E-state index < -0.39 is 0 Å². The van der Waals surface area contributed by atoms with E-state index in [1.807, 2.05) is 28.8 Å². The topological polar surface area (TPSA) is 102 Å². The van der Waals surface area contributed by atoms with E-state index in [1.54, 1.807) is 12.1 Å².